The van der Waals surface area contributed by atoms with E-state index in [0.717, 1.165) is 32.1 Å². The van der Waals surface area contributed by atoms with Gasteiger partial charge in [0, 0.05) is 12.1 Å². The maximum absolute atomic E-state index is 11.9. The average Bonchev–Trinajstić information content (AvgIpc) is 2.53. The SMILES string of the molecule is NC(=O)C(NC(=O)OC1CCCCC1)c1ccc([N+](=O)[O-])cc1. The molecule has 1 saturated carbocycles. The highest BCUT2D eigenvalue weighted by molar-refractivity contribution is 5.85. The Hall–Kier alpha value is -2.64. The maximum Gasteiger partial charge on any atom is 0.408 e. The molecule has 2 rings (SSSR count). The van der Waals surface area contributed by atoms with E-state index >= 15 is 0 Å². The minimum absolute atomic E-state index is 0.109. The fraction of sp³-hybridized carbons (Fsp3) is 0.467. The second-order valence-corrected chi connectivity index (χ2v) is 5.49. The molecule has 8 heteroatoms. The molecule has 0 bridgehead atoms. The Morgan fingerprint density at radius 1 is 1.22 bits per heavy atom. The summed E-state index contributed by atoms with van der Waals surface area (Å²) in [5.74, 6) is -0.764. The quantitative estimate of drug-likeness (QED) is 0.635. The van der Waals surface area contributed by atoms with Crippen LogP contribution in [0.25, 0.3) is 0 Å². The Bertz CT molecular complexity index is 581. The highest BCUT2D eigenvalue weighted by Gasteiger charge is 2.24. The molecular weight excluding hydrogens is 302 g/mol. The van der Waals surface area contributed by atoms with Crippen molar-refractivity contribution in [2.24, 2.45) is 5.73 Å². The second kappa shape index (κ2) is 7.57. The average molecular weight is 321 g/mol. The minimum atomic E-state index is -1.09. The lowest BCUT2D eigenvalue weighted by Crippen LogP contribution is -2.39. The Labute approximate surface area is 133 Å². The van der Waals surface area contributed by atoms with Gasteiger partial charge >= 0.3 is 6.09 Å². The van der Waals surface area contributed by atoms with E-state index in [-0.39, 0.29) is 11.8 Å². The highest BCUT2D eigenvalue weighted by Crippen LogP contribution is 2.21. The summed E-state index contributed by atoms with van der Waals surface area (Å²) < 4.78 is 5.29. The summed E-state index contributed by atoms with van der Waals surface area (Å²) in [5.41, 5.74) is 5.56. The summed E-state index contributed by atoms with van der Waals surface area (Å²) in [7, 11) is 0. The Morgan fingerprint density at radius 2 is 1.83 bits per heavy atom. The molecule has 1 fully saturated rings. The van der Waals surface area contributed by atoms with E-state index < -0.39 is 23.0 Å². The number of nitro groups is 1. The van der Waals surface area contributed by atoms with E-state index in [4.69, 9.17) is 10.5 Å². The number of carbonyl (C=O) groups excluding carboxylic acids is 2. The molecule has 1 atom stereocenters. The number of primary amides is 1. The molecule has 0 radical (unpaired) electrons. The highest BCUT2D eigenvalue weighted by atomic mass is 16.6. The molecule has 1 aliphatic rings. The minimum Gasteiger partial charge on any atom is -0.446 e. The number of ether oxygens (including phenoxy) is 1. The summed E-state index contributed by atoms with van der Waals surface area (Å²) in [6.07, 6.45) is 3.93. The Kier molecular flexibility index (Phi) is 5.51. The van der Waals surface area contributed by atoms with Gasteiger partial charge in [-0.2, -0.15) is 0 Å². The van der Waals surface area contributed by atoms with Crippen molar-refractivity contribution in [1.29, 1.82) is 0 Å². The number of alkyl carbamates (subject to hydrolysis) is 1. The van der Waals surface area contributed by atoms with Gasteiger partial charge in [-0.15, -0.1) is 0 Å². The molecule has 3 N–H and O–H groups in total. The van der Waals surface area contributed by atoms with Crippen LogP contribution in [0.15, 0.2) is 24.3 Å². The van der Waals surface area contributed by atoms with Gasteiger partial charge in [0.25, 0.3) is 5.69 Å². The van der Waals surface area contributed by atoms with E-state index in [1.165, 1.54) is 24.3 Å². The maximum atomic E-state index is 11.9. The number of carbonyl (C=O) groups is 2. The second-order valence-electron chi connectivity index (χ2n) is 5.49. The van der Waals surface area contributed by atoms with E-state index in [1.54, 1.807) is 0 Å². The number of non-ortho nitro benzene ring substituents is 1. The van der Waals surface area contributed by atoms with Crippen molar-refractivity contribution < 1.29 is 19.2 Å². The number of nitrogens with two attached hydrogens (primary N) is 1. The normalized spacial score (nSPS) is 16.3. The summed E-state index contributed by atoms with van der Waals surface area (Å²) in [5, 5.41) is 13.1. The predicted octanol–water partition coefficient (Wildman–Crippen LogP) is 2.18. The van der Waals surface area contributed by atoms with Crippen LogP contribution in [0.4, 0.5) is 10.5 Å². The zero-order valence-corrected chi connectivity index (χ0v) is 12.6. The van der Waals surface area contributed by atoms with Crippen molar-refractivity contribution in [2.45, 2.75) is 44.2 Å². The molecular formula is C15H19N3O5. The molecule has 0 spiro atoms. The van der Waals surface area contributed by atoms with Crippen LogP contribution in [0, 0.1) is 10.1 Å². The molecule has 1 aromatic carbocycles. The first kappa shape index (κ1) is 16.7. The third kappa shape index (κ3) is 4.67. The number of hydrogen-bond acceptors (Lipinski definition) is 5. The molecule has 1 aliphatic carbocycles. The molecule has 1 unspecified atom stereocenters. The fourth-order valence-corrected chi connectivity index (χ4v) is 2.59. The largest absolute Gasteiger partial charge is 0.446 e. The lowest BCUT2D eigenvalue weighted by molar-refractivity contribution is -0.384. The number of benzene rings is 1. The van der Waals surface area contributed by atoms with Gasteiger partial charge in [0.05, 0.1) is 4.92 Å². The molecule has 0 aromatic heterocycles. The van der Waals surface area contributed by atoms with Crippen LogP contribution in [0.5, 0.6) is 0 Å². The van der Waals surface area contributed by atoms with Crippen molar-refractivity contribution in [2.75, 3.05) is 0 Å². The molecule has 124 valence electrons. The van der Waals surface area contributed by atoms with Crippen LogP contribution in [0.3, 0.4) is 0 Å². The molecule has 2 amide bonds. The number of nitro benzene ring substituents is 1. The van der Waals surface area contributed by atoms with Crippen LogP contribution < -0.4 is 11.1 Å². The van der Waals surface area contributed by atoms with Gasteiger partial charge in [-0.1, -0.05) is 6.42 Å². The summed E-state index contributed by atoms with van der Waals surface area (Å²) in [6.45, 7) is 0. The summed E-state index contributed by atoms with van der Waals surface area (Å²) in [4.78, 5) is 33.6. The van der Waals surface area contributed by atoms with E-state index in [1.807, 2.05) is 0 Å². The molecule has 8 nitrogen and oxygen atoms in total. The summed E-state index contributed by atoms with van der Waals surface area (Å²) >= 11 is 0. The topological polar surface area (TPSA) is 125 Å². The van der Waals surface area contributed by atoms with Gasteiger partial charge < -0.3 is 15.8 Å². The number of rotatable bonds is 5. The Morgan fingerprint density at radius 3 is 2.35 bits per heavy atom. The lowest BCUT2D eigenvalue weighted by atomic mass is 9.98. The van der Waals surface area contributed by atoms with Crippen molar-refractivity contribution in [3.05, 3.63) is 39.9 Å². The standard InChI is InChI=1S/C15H19N3O5/c16-14(19)13(10-6-8-11(9-7-10)18(21)22)17-15(20)23-12-4-2-1-3-5-12/h6-9,12-13H,1-5H2,(H2,16,19)(H,17,20). The fourth-order valence-electron chi connectivity index (χ4n) is 2.59. The first-order valence-electron chi connectivity index (χ1n) is 7.48. The number of nitrogens with one attached hydrogen (secondary N) is 1. The first-order chi connectivity index (χ1) is 11.0. The molecule has 0 heterocycles. The van der Waals surface area contributed by atoms with Crippen molar-refractivity contribution in [3.8, 4) is 0 Å². The summed E-state index contributed by atoms with van der Waals surface area (Å²) in [6, 6.07) is 4.17. The van der Waals surface area contributed by atoms with Gasteiger partial charge in [0.1, 0.15) is 12.1 Å². The van der Waals surface area contributed by atoms with Crippen molar-refractivity contribution >= 4 is 17.7 Å². The third-order valence-corrected chi connectivity index (χ3v) is 3.81. The van der Waals surface area contributed by atoms with Crippen LogP contribution in [0.1, 0.15) is 43.7 Å². The van der Waals surface area contributed by atoms with Crippen LogP contribution in [-0.4, -0.2) is 23.0 Å². The Balaban J connectivity index is 2.01. The molecule has 0 saturated heterocycles. The van der Waals surface area contributed by atoms with Gasteiger partial charge in [-0.05, 0) is 43.4 Å². The van der Waals surface area contributed by atoms with Gasteiger partial charge in [-0.25, -0.2) is 4.79 Å². The van der Waals surface area contributed by atoms with E-state index in [9.17, 15) is 19.7 Å². The lowest BCUT2D eigenvalue weighted by Gasteiger charge is -2.23. The molecule has 23 heavy (non-hydrogen) atoms. The van der Waals surface area contributed by atoms with Gasteiger partial charge in [-0.3, -0.25) is 14.9 Å². The van der Waals surface area contributed by atoms with Crippen LogP contribution in [0.2, 0.25) is 0 Å². The van der Waals surface area contributed by atoms with Gasteiger partial charge in [0.15, 0.2) is 0 Å². The zero-order chi connectivity index (χ0) is 16.8. The number of hydrogen-bond donors (Lipinski definition) is 2. The van der Waals surface area contributed by atoms with Crippen LogP contribution >= 0.6 is 0 Å². The number of amides is 2. The molecule has 0 aliphatic heterocycles. The molecule has 1 aromatic rings. The monoisotopic (exact) mass is 321 g/mol. The van der Waals surface area contributed by atoms with E-state index in [0.29, 0.717) is 5.56 Å². The predicted molar refractivity (Wildman–Crippen MR) is 81.5 cm³/mol. The zero-order valence-electron chi connectivity index (χ0n) is 12.6. The smallest absolute Gasteiger partial charge is 0.408 e. The van der Waals surface area contributed by atoms with E-state index in [2.05, 4.69) is 5.32 Å². The van der Waals surface area contributed by atoms with Crippen molar-refractivity contribution in [1.82, 2.24) is 5.32 Å². The third-order valence-electron chi connectivity index (χ3n) is 3.81. The first-order valence-corrected chi connectivity index (χ1v) is 7.48. The van der Waals surface area contributed by atoms with Crippen LogP contribution in [-0.2, 0) is 9.53 Å². The number of nitrogens with zero attached hydrogens (tertiary/aromatic N) is 1. The van der Waals surface area contributed by atoms with Gasteiger partial charge in [0.2, 0.25) is 5.91 Å². The van der Waals surface area contributed by atoms with Crippen molar-refractivity contribution in [3.63, 3.8) is 0 Å².